The van der Waals surface area contributed by atoms with Gasteiger partial charge in [0.25, 0.3) is 0 Å². The Morgan fingerprint density at radius 3 is 2.38 bits per heavy atom. The molecular weight excluding hydrogens is 258 g/mol. The van der Waals surface area contributed by atoms with Crippen LogP contribution in [-0.2, 0) is 0 Å². The smallest absolute Gasteiger partial charge is 0.0900 e. The van der Waals surface area contributed by atoms with Gasteiger partial charge in [-0.1, -0.05) is 13.8 Å². The maximum absolute atomic E-state index is 10.1. The van der Waals surface area contributed by atoms with Gasteiger partial charge in [0, 0.05) is 11.8 Å². The van der Waals surface area contributed by atoms with Crippen LogP contribution in [0.3, 0.4) is 0 Å². The lowest BCUT2D eigenvalue weighted by atomic mass is 9.45. The molecule has 21 heavy (non-hydrogen) atoms. The van der Waals surface area contributed by atoms with E-state index in [-0.39, 0.29) is 6.10 Å². The van der Waals surface area contributed by atoms with E-state index >= 15 is 0 Å². The lowest BCUT2D eigenvalue weighted by Crippen LogP contribution is -2.68. The van der Waals surface area contributed by atoms with Crippen molar-refractivity contribution in [2.45, 2.75) is 83.8 Å². The van der Waals surface area contributed by atoms with Crippen molar-refractivity contribution in [3.05, 3.63) is 0 Å². The molecule has 4 fully saturated rings. The quantitative estimate of drug-likeness (QED) is 0.708. The van der Waals surface area contributed by atoms with Gasteiger partial charge in [-0.25, -0.2) is 0 Å². The molecule has 2 heteroatoms. The monoisotopic (exact) mass is 292 g/mol. The highest BCUT2D eigenvalue weighted by Crippen LogP contribution is 2.65. The summed E-state index contributed by atoms with van der Waals surface area (Å²) >= 11 is 0. The fraction of sp³-hybridized carbons (Fsp3) is 1.00. The van der Waals surface area contributed by atoms with E-state index in [0.717, 1.165) is 36.5 Å². The van der Waals surface area contributed by atoms with E-state index in [2.05, 4.69) is 19.6 Å². The molecule has 0 aromatic rings. The van der Waals surface area contributed by atoms with Crippen molar-refractivity contribution in [1.29, 1.82) is 0 Å². The summed E-state index contributed by atoms with van der Waals surface area (Å²) in [6, 6.07) is 0.696. The van der Waals surface area contributed by atoms with Gasteiger partial charge in [-0.2, -0.15) is 0 Å². The fourth-order valence-electron chi connectivity index (χ4n) is 7.34. The summed E-state index contributed by atoms with van der Waals surface area (Å²) in [5.74, 6) is 3.64. The summed E-state index contributed by atoms with van der Waals surface area (Å²) < 4.78 is 0. The van der Waals surface area contributed by atoms with Crippen molar-refractivity contribution in [1.82, 2.24) is 0 Å². The summed E-state index contributed by atoms with van der Waals surface area (Å²) in [5, 5.41) is 10.1. The Bertz CT molecular complexity index is 424. The Hall–Kier alpha value is -0.0800. The first-order valence-electron chi connectivity index (χ1n) is 9.46. The van der Waals surface area contributed by atoms with Crippen LogP contribution < -0.4 is 5.73 Å². The standard InChI is InChI=1S/C19H33NO/c1-18-9-7-13(21)11-12(18)3-4-14-15-5-6-17(20)19(15,2)10-8-16(14)18/h12-17,21H,3-11,20H2,1-2H3/p+1/t12-,13+,14+,15-,16-,17+,18-,19+/m1/s1. The Labute approximate surface area is 129 Å². The van der Waals surface area contributed by atoms with Crippen molar-refractivity contribution in [3.63, 3.8) is 0 Å². The Balaban J connectivity index is 1.62. The third-order valence-electron chi connectivity index (χ3n) is 8.83. The fourth-order valence-corrected chi connectivity index (χ4v) is 7.34. The molecule has 4 saturated carbocycles. The molecule has 0 bridgehead atoms. The molecule has 0 unspecified atom stereocenters. The Morgan fingerprint density at radius 2 is 1.57 bits per heavy atom. The molecule has 4 N–H and O–H groups in total. The second-order valence-corrected chi connectivity index (χ2v) is 9.40. The first-order valence-corrected chi connectivity index (χ1v) is 9.46. The first kappa shape index (κ1) is 14.5. The lowest BCUT2D eigenvalue weighted by molar-refractivity contribution is -0.445. The predicted octanol–water partition coefficient (Wildman–Crippen LogP) is 3.00. The maximum atomic E-state index is 10.1. The number of aliphatic hydroxyl groups excluding tert-OH is 1. The van der Waals surface area contributed by atoms with Crippen LogP contribution in [-0.4, -0.2) is 17.3 Å². The molecule has 0 saturated heterocycles. The summed E-state index contributed by atoms with van der Waals surface area (Å²) in [7, 11) is 0. The molecule has 0 radical (unpaired) electrons. The number of aliphatic hydroxyl groups is 1. The molecule has 4 aliphatic rings. The predicted molar refractivity (Wildman–Crippen MR) is 84.4 cm³/mol. The molecule has 0 aromatic heterocycles. The van der Waals surface area contributed by atoms with Crippen LogP contribution >= 0.6 is 0 Å². The molecule has 120 valence electrons. The zero-order valence-corrected chi connectivity index (χ0v) is 14.0. The first-order chi connectivity index (χ1) is 9.95. The minimum Gasteiger partial charge on any atom is -0.393 e. The van der Waals surface area contributed by atoms with E-state index in [1.54, 1.807) is 0 Å². The summed E-state index contributed by atoms with van der Waals surface area (Å²) in [4.78, 5) is 0. The third-order valence-corrected chi connectivity index (χ3v) is 8.83. The average molecular weight is 292 g/mol. The number of hydrogen-bond acceptors (Lipinski definition) is 1. The summed E-state index contributed by atoms with van der Waals surface area (Å²) in [5.41, 5.74) is 5.58. The van der Waals surface area contributed by atoms with Crippen molar-refractivity contribution >= 4 is 0 Å². The van der Waals surface area contributed by atoms with Crippen molar-refractivity contribution < 1.29 is 10.8 Å². The van der Waals surface area contributed by atoms with Crippen LogP contribution in [0.2, 0.25) is 0 Å². The normalized spacial score (nSPS) is 60.0. The van der Waals surface area contributed by atoms with Crippen molar-refractivity contribution in [2.24, 2.45) is 34.5 Å². The van der Waals surface area contributed by atoms with E-state index in [1.165, 1.54) is 44.9 Å². The van der Waals surface area contributed by atoms with E-state index < -0.39 is 0 Å². The van der Waals surface area contributed by atoms with Crippen molar-refractivity contribution in [2.75, 3.05) is 0 Å². The number of hydrogen-bond donors (Lipinski definition) is 2. The van der Waals surface area contributed by atoms with Gasteiger partial charge in [0.05, 0.1) is 12.1 Å². The maximum Gasteiger partial charge on any atom is 0.0900 e. The van der Waals surface area contributed by atoms with Gasteiger partial charge in [0.2, 0.25) is 0 Å². The molecule has 4 aliphatic carbocycles. The zero-order valence-electron chi connectivity index (χ0n) is 14.0. The van der Waals surface area contributed by atoms with Crippen LogP contribution in [0.15, 0.2) is 0 Å². The highest BCUT2D eigenvalue weighted by atomic mass is 16.3. The minimum absolute atomic E-state index is 0.0100. The summed E-state index contributed by atoms with van der Waals surface area (Å²) in [6.45, 7) is 5.14. The summed E-state index contributed by atoms with van der Waals surface area (Å²) in [6.07, 6.45) is 11.9. The van der Waals surface area contributed by atoms with E-state index in [4.69, 9.17) is 0 Å². The Kier molecular flexibility index (Phi) is 3.25. The van der Waals surface area contributed by atoms with Crippen LogP contribution in [0.4, 0.5) is 0 Å². The largest absolute Gasteiger partial charge is 0.393 e. The van der Waals surface area contributed by atoms with Crippen LogP contribution in [0.5, 0.6) is 0 Å². The molecule has 0 spiro atoms. The van der Waals surface area contributed by atoms with Gasteiger partial charge < -0.3 is 10.8 Å². The second kappa shape index (κ2) is 4.71. The molecule has 0 aromatic carbocycles. The van der Waals surface area contributed by atoms with Gasteiger partial charge >= 0.3 is 0 Å². The minimum atomic E-state index is -0.0100. The lowest BCUT2D eigenvalue weighted by Gasteiger charge is -2.60. The Morgan fingerprint density at radius 1 is 0.857 bits per heavy atom. The van der Waals surface area contributed by atoms with Gasteiger partial charge in [0.1, 0.15) is 0 Å². The van der Waals surface area contributed by atoms with Crippen LogP contribution in [0.25, 0.3) is 0 Å². The van der Waals surface area contributed by atoms with E-state index in [0.29, 0.717) is 16.9 Å². The number of rotatable bonds is 0. The van der Waals surface area contributed by atoms with Gasteiger partial charge in [-0.05, 0) is 80.5 Å². The van der Waals surface area contributed by atoms with Crippen LogP contribution in [0.1, 0.15) is 71.6 Å². The average Bonchev–Trinajstić information content (AvgIpc) is 2.76. The highest BCUT2D eigenvalue weighted by molar-refractivity contribution is 5.09. The van der Waals surface area contributed by atoms with Crippen LogP contribution in [0, 0.1) is 34.5 Å². The molecular formula is C19H34NO+. The number of quaternary nitrogens is 1. The number of fused-ring (bicyclic) bond motifs is 5. The second-order valence-electron chi connectivity index (χ2n) is 9.40. The molecule has 4 rings (SSSR count). The van der Waals surface area contributed by atoms with E-state index in [9.17, 15) is 5.11 Å². The highest BCUT2D eigenvalue weighted by Gasteiger charge is 2.60. The van der Waals surface area contributed by atoms with Gasteiger partial charge in [-0.3, -0.25) is 0 Å². The topological polar surface area (TPSA) is 47.9 Å². The van der Waals surface area contributed by atoms with E-state index in [1.807, 2.05) is 0 Å². The molecule has 2 nitrogen and oxygen atoms in total. The third kappa shape index (κ3) is 1.91. The molecule has 0 amide bonds. The van der Waals surface area contributed by atoms with Gasteiger partial charge in [-0.15, -0.1) is 0 Å². The molecule has 8 atom stereocenters. The SMILES string of the molecule is C[C@]12CC[C@@H]3[C@@H](CC[C@@H]4C[C@@H](O)CC[C@]43C)[C@H]1CC[C@@H]2[NH3+]. The zero-order chi connectivity index (χ0) is 14.8. The van der Waals surface area contributed by atoms with Gasteiger partial charge in [0.15, 0.2) is 0 Å². The molecule has 0 aliphatic heterocycles. The van der Waals surface area contributed by atoms with Crippen molar-refractivity contribution in [3.8, 4) is 0 Å². The molecule has 0 heterocycles.